The molecule has 1 aromatic rings. The molecule has 0 aliphatic heterocycles. The van der Waals surface area contributed by atoms with Crippen LogP contribution < -0.4 is 10.6 Å². The van der Waals surface area contributed by atoms with Gasteiger partial charge in [-0.25, -0.2) is 0 Å². The first-order chi connectivity index (χ1) is 6.58. The van der Waals surface area contributed by atoms with E-state index in [9.17, 15) is 0 Å². The summed E-state index contributed by atoms with van der Waals surface area (Å²) in [7, 11) is 0. The zero-order valence-electron chi connectivity index (χ0n) is 8.79. The maximum absolute atomic E-state index is 5.12. The summed E-state index contributed by atoms with van der Waals surface area (Å²) in [6.07, 6.45) is 0. The number of benzene rings is 1. The van der Waals surface area contributed by atoms with Gasteiger partial charge in [0, 0.05) is 11.7 Å². The predicted octanol–water partition coefficient (Wildman–Crippen LogP) is 2.69. The van der Waals surface area contributed by atoms with Crippen molar-refractivity contribution in [2.75, 3.05) is 5.32 Å². The van der Waals surface area contributed by atoms with Crippen molar-refractivity contribution in [2.24, 2.45) is 0 Å². The monoisotopic (exact) mass is 208 g/mol. The first kappa shape index (κ1) is 11.0. The second-order valence-electron chi connectivity index (χ2n) is 3.62. The zero-order chi connectivity index (χ0) is 10.6. The van der Waals surface area contributed by atoms with E-state index in [0.717, 1.165) is 5.69 Å². The Labute approximate surface area is 90.7 Å². The average Bonchev–Trinajstić information content (AvgIpc) is 2.07. The quantitative estimate of drug-likeness (QED) is 0.731. The third-order valence-electron chi connectivity index (χ3n) is 1.73. The summed E-state index contributed by atoms with van der Waals surface area (Å²) in [4.78, 5) is 0. The van der Waals surface area contributed by atoms with Crippen molar-refractivity contribution in [3.63, 3.8) is 0 Å². The predicted molar refractivity (Wildman–Crippen MR) is 65.7 cm³/mol. The fraction of sp³-hybridized carbons (Fsp3) is 0.364. The standard InChI is InChI=1S/C11H16N2S/c1-8(2)12-11(14)13-10-6-4-9(3)5-7-10/h4-8H,1-3H3,(H2,12,13,14). The zero-order valence-corrected chi connectivity index (χ0v) is 9.61. The summed E-state index contributed by atoms with van der Waals surface area (Å²) in [5.74, 6) is 0. The van der Waals surface area contributed by atoms with Gasteiger partial charge in [-0.3, -0.25) is 0 Å². The summed E-state index contributed by atoms with van der Waals surface area (Å²) < 4.78 is 0. The highest BCUT2D eigenvalue weighted by molar-refractivity contribution is 7.80. The van der Waals surface area contributed by atoms with Crippen LogP contribution in [0.2, 0.25) is 0 Å². The molecule has 0 aliphatic rings. The Morgan fingerprint density at radius 1 is 1.21 bits per heavy atom. The fourth-order valence-electron chi connectivity index (χ4n) is 1.07. The van der Waals surface area contributed by atoms with Crippen molar-refractivity contribution < 1.29 is 0 Å². The van der Waals surface area contributed by atoms with E-state index >= 15 is 0 Å². The summed E-state index contributed by atoms with van der Waals surface area (Å²) in [5, 5.41) is 6.92. The Hall–Kier alpha value is -1.09. The van der Waals surface area contributed by atoms with E-state index in [4.69, 9.17) is 12.2 Å². The molecule has 76 valence electrons. The Morgan fingerprint density at radius 3 is 2.29 bits per heavy atom. The molecule has 3 heteroatoms. The lowest BCUT2D eigenvalue weighted by molar-refractivity contribution is 0.739. The molecule has 0 heterocycles. The largest absolute Gasteiger partial charge is 0.360 e. The normalized spacial score (nSPS) is 10.0. The fourth-order valence-corrected chi connectivity index (χ4v) is 1.42. The molecule has 1 aromatic carbocycles. The van der Waals surface area contributed by atoms with Crippen molar-refractivity contribution >= 4 is 23.0 Å². The Morgan fingerprint density at radius 2 is 1.79 bits per heavy atom. The third-order valence-corrected chi connectivity index (χ3v) is 1.95. The van der Waals surface area contributed by atoms with Crippen LogP contribution in [0.1, 0.15) is 19.4 Å². The molecule has 0 radical (unpaired) electrons. The Balaban J connectivity index is 2.52. The van der Waals surface area contributed by atoms with Gasteiger partial charge in [-0.05, 0) is 45.1 Å². The van der Waals surface area contributed by atoms with E-state index < -0.39 is 0 Å². The molecule has 0 aliphatic carbocycles. The van der Waals surface area contributed by atoms with Crippen molar-refractivity contribution in [1.29, 1.82) is 0 Å². The van der Waals surface area contributed by atoms with E-state index in [-0.39, 0.29) is 0 Å². The average molecular weight is 208 g/mol. The SMILES string of the molecule is Cc1ccc(NC(=S)NC(C)C)cc1. The molecule has 0 atom stereocenters. The lowest BCUT2D eigenvalue weighted by Crippen LogP contribution is -2.33. The van der Waals surface area contributed by atoms with Crippen LogP contribution in [0, 0.1) is 6.92 Å². The Kier molecular flexibility index (Phi) is 3.89. The van der Waals surface area contributed by atoms with Crippen LogP contribution in [0.5, 0.6) is 0 Å². The van der Waals surface area contributed by atoms with Crippen LogP contribution in [0.25, 0.3) is 0 Å². The number of rotatable bonds is 2. The highest BCUT2D eigenvalue weighted by atomic mass is 32.1. The maximum atomic E-state index is 5.12. The van der Waals surface area contributed by atoms with Gasteiger partial charge in [-0.1, -0.05) is 17.7 Å². The molecule has 0 amide bonds. The summed E-state index contributed by atoms with van der Waals surface area (Å²) in [6.45, 7) is 6.18. The molecule has 0 fully saturated rings. The molecular formula is C11H16N2S. The topological polar surface area (TPSA) is 24.1 Å². The minimum atomic E-state index is 0.362. The van der Waals surface area contributed by atoms with Crippen molar-refractivity contribution in [1.82, 2.24) is 5.32 Å². The van der Waals surface area contributed by atoms with Gasteiger partial charge in [0.05, 0.1) is 0 Å². The smallest absolute Gasteiger partial charge is 0.170 e. The van der Waals surface area contributed by atoms with E-state index in [2.05, 4.69) is 43.5 Å². The van der Waals surface area contributed by atoms with Crippen LogP contribution in [-0.4, -0.2) is 11.2 Å². The molecule has 2 N–H and O–H groups in total. The van der Waals surface area contributed by atoms with Crippen LogP contribution in [-0.2, 0) is 0 Å². The van der Waals surface area contributed by atoms with Gasteiger partial charge in [0.1, 0.15) is 0 Å². The van der Waals surface area contributed by atoms with Crippen molar-refractivity contribution in [3.8, 4) is 0 Å². The van der Waals surface area contributed by atoms with Crippen LogP contribution in [0.4, 0.5) is 5.69 Å². The third kappa shape index (κ3) is 3.75. The number of hydrogen-bond acceptors (Lipinski definition) is 1. The van der Waals surface area contributed by atoms with Gasteiger partial charge >= 0.3 is 0 Å². The second-order valence-corrected chi connectivity index (χ2v) is 4.03. The van der Waals surface area contributed by atoms with Gasteiger partial charge in [0.2, 0.25) is 0 Å². The number of hydrogen-bond donors (Lipinski definition) is 2. The lowest BCUT2D eigenvalue weighted by Gasteiger charge is -2.12. The van der Waals surface area contributed by atoms with Crippen molar-refractivity contribution in [2.45, 2.75) is 26.8 Å². The van der Waals surface area contributed by atoms with Gasteiger partial charge in [0.25, 0.3) is 0 Å². The molecule has 0 aromatic heterocycles. The number of nitrogens with one attached hydrogen (secondary N) is 2. The van der Waals surface area contributed by atoms with E-state index in [1.165, 1.54) is 5.56 Å². The molecule has 2 nitrogen and oxygen atoms in total. The van der Waals surface area contributed by atoms with Gasteiger partial charge < -0.3 is 10.6 Å². The van der Waals surface area contributed by atoms with Gasteiger partial charge in [-0.2, -0.15) is 0 Å². The maximum Gasteiger partial charge on any atom is 0.170 e. The van der Waals surface area contributed by atoms with Gasteiger partial charge in [-0.15, -0.1) is 0 Å². The van der Waals surface area contributed by atoms with E-state index in [1.807, 2.05) is 12.1 Å². The molecule has 14 heavy (non-hydrogen) atoms. The molecule has 0 spiro atoms. The molecule has 0 unspecified atom stereocenters. The molecule has 0 saturated heterocycles. The number of anilines is 1. The lowest BCUT2D eigenvalue weighted by atomic mass is 10.2. The molecule has 0 bridgehead atoms. The van der Waals surface area contributed by atoms with E-state index in [0.29, 0.717) is 11.2 Å². The number of thiocarbonyl (C=S) groups is 1. The van der Waals surface area contributed by atoms with Gasteiger partial charge in [0.15, 0.2) is 5.11 Å². The summed E-state index contributed by atoms with van der Waals surface area (Å²) >= 11 is 5.12. The minimum absolute atomic E-state index is 0.362. The summed E-state index contributed by atoms with van der Waals surface area (Å²) in [5.41, 5.74) is 2.27. The first-order valence-electron chi connectivity index (χ1n) is 4.72. The minimum Gasteiger partial charge on any atom is -0.360 e. The van der Waals surface area contributed by atoms with Crippen LogP contribution >= 0.6 is 12.2 Å². The Bertz CT molecular complexity index is 304. The van der Waals surface area contributed by atoms with E-state index in [1.54, 1.807) is 0 Å². The second kappa shape index (κ2) is 4.96. The molecular weight excluding hydrogens is 192 g/mol. The highest BCUT2D eigenvalue weighted by Gasteiger charge is 1.98. The van der Waals surface area contributed by atoms with Crippen LogP contribution in [0.3, 0.4) is 0 Å². The molecule has 0 saturated carbocycles. The van der Waals surface area contributed by atoms with Crippen molar-refractivity contribution in [3.05, 3.63) is 29.8 Å². The van der Waals surface area contributed by atoms with Crippen LogP contribution in [0.15, 0.2) is 24.3 Å². The highest BCUT2D eigenvalue weighted by Crippen LogP contribution is 2.08. The first-order valence-corrected chi connectivity index (χ1v) is 5.13. The summed E-state index contributed by atoms with van der Waals surface area (Å²) in [6, 6.07) is 8.51. The molecule has 1 rings (SSSR count). The number of aryl methyl sites for hydroxylation is 1.